The summed E-state index contributed by atoms with van der Waals surface area (Å²) >= 11 is 0. The number of fused-ring (bicyclic) bond motifs is 6. The minimum atomic E-state index is -2.56. The number of piperazine rings is 1. The molecule has 0 unspecified atom stereocenters. The molecule has 1 aliphatic carbocycles. The molecule has 0 radical (unpaired) electrons. The molecule has 2 atom stereocenters. The van der Waals surface area contributed by atoms with Crippen molar-refractivity contribution in [2.45, 2.75) is 81.5 Å². The third kappa shape index (κ3) is 3.70. The zero-order chi connectivity index (χ0) is 26.4. The quantitative estimate of drug-likeness (QED) is 0.642. The number of rotatable bonds is 3. The predicted octanol–water partition coefficient (Wildman–Crippen LogP) is 3.34. The van der Waals surface area contributed by atoms with Crippen LogP contribution in [0.4, 0.5) is 20.3 Å². The van der Waals surface area contributed by atoms with Crippen LogP contribution < -0.4 is 15.1 Å². The average molecular weight is 540 g/mol. The van der Waals surface area contributed by atoms with Crippen LogP contribution in [0.1, 0.15) is 67.5 Å². The Morgan fingerprint density at radius 2 is 1.87 bits per heavy atom. The van der Waals surface area contributed by atoms with Gasteiger partial charge in [-0.25, -0.2) is 13.8 Å². The van der Waals surface area contributed by atoms with E-state index in [1.165, 1.54) is 11.3 Å². The van der Waals surface area contributed by atoms with E-state index in [0.29, 0.717) is 24.3 Å². The fourth-order valence-corrected chi connectivity index (χ4v) is 8.16. The van der Waals surface area contributed by atoms with Gasteiger partial charge in [-0.1, -0.05) is 0 Å². The van der Waals surface area contributed by atoms with E-state index in [2.05, 4.69) is 42.7 Å². The van der Waals surface area contributed by atoms with Crippen LogP contribution in [0.3, 0.4) is 0 Å². The van der Waals surface area contributed by atoms with Crippen molar-refractivity contribution in [3.8, 4) is 0 Å². The fourth-order valence-electron chi connectivity index (χ4n) is 8.16. The summed E-state index contributed by atoms with van der Waals surface area (Å²) in [5, 5.41) is 8.21. The first kappa shape index (κ1) is 24.5. The highest BCUT2D eigenvalue weighted by molar-refractivity contribution is 5.66. The van der Waals surface area contributed by atoms with Gasteiger partial charge in [0.15, 0.2) is 0 Å². The molecule has 3 saturated heterocycles. The normalized spacial score (nSPS) is 29.1. The molecule has 8 nitrogen and oxygen atoms in total. The molecule has 0 amide bonds. The van der Waals surface area contributed by atoms with Crippen LogP contribution in [-0.4, -0.2) is 84.2 Å². The SMILES string of the molecule is Cc1cnn2c1C1(CCN(c3cc4c(c(C(F)F)n3)CCC[C@H]3[C@H](N5CCNCC5)CN43)CC1)OCC21CC1. The molecule has 39 heavy (non-hydrogen) atoms. The van der Waals surface area contributed by atoms with Gasteiger partial charge < -0.3 is 19.9 Å². The molecule has 1 saturated carbocycles. The molecule has 2 aromatic heterocycles. The van der Waals surface area contributed by atoms with E-state index in [0.717, 1.165) is 102 Å². The van der Waals surface area contributed by atoms with Crippen LogP contribution >= 0.6 is 0 Å². The van der Waals surface area contributed by atoms with Gasteiger partial charge >= 0.3 is 0 Å². The van der Waals surface area contributed by atoms with E-state index in [1.54, 1.807) is 0 Å². The van der Waals surface area contributed by atoms with Crippen molar-refractivity contribution in [2.75, 3.05) is 62.2 Å². The summed E-state index contributed by atoms with van der Waals surface area (Å²) in [6.07, 6.45) is 5.99. The van der Waals surface area contributed by atoms with E-state index < -0.39 is 6.43 Å². The van der Waals surface area contributed by atoms with Gasteiger partial charge in [0.2, 0.25) is 0 Å². The number of pyridine rings is 1. The molecule has 5 aliphatic heterocycles. The number of aromatic nitrogens is 3. The van der Waals surface area contributed by atoms with E-state index in [1.807, 2.05) is 6.20 Å². The first-order valence-electron chi connectivity index (χ1n) is 15.0. The number of ether oxygens (including phenoxy) is 1. The lowest BCUT2D eigenvalue weighted by molar-refractivity contribution is -0.115. The Morgan fingerprint density at radius 3 is 2.62 bits per heavy atom. The van der Waals surface area contributed by atoms with Crippen LogP contribution in [0.15, 0.2) is 12.3 Å². The Bertz CT molecular complexity index is 1260. The Labute approximate surface area is 228 Å². The summed E-state index contributed by atoms with van der Waals surface area (Å²) < 4.78 is 37.8. The minimum absolute atomic E-state index is 0.00688. The van der Waals surface area contributed by atoms with Crippen molar-refractivity contribution < 1.29 is 13.5 Å². The summed E-state index contributed by atoms with van der Waals surface area (Å²) in [6.45, 7) is 9.46. The van der Waals surface area contributed by atoms with Crippen molar-refractivity contribution in [1.29, 1.82) is 0 Å². The van der Waals surface area contributed by atoms with Crippen LogP contribution in [0.2, 0.25) is 0 Å². The first-order valence-corrected chi connectivity index (χ1v) is 15.0. The van der Waals surface area contributed by atoms with Crippen LogP contribution in [-0.2, 0) is 22.3 Å². The van der Waals surface area contributed by atoms with Gasteiger partial charge in [-0.05, 0) is 57.4 Å². The lowest BCUT2D eigenvalue weighted by atomic mass is 9.84. The molecule has 210 valence electrons. The maximum Gasteiger partial charge on any atom is 0.280 e. The van der Waals surface area contributed by atoms with Gasteiger partial charge in [-0.15, -0.1) is 0 Å². The molecule has 0 aromatic carbocycles. The molecule has 6 aliphatic rings. The number of hydrogen-bond acceptors (Lipinski definition) is 7. The second-order valence-corrected chi connectivity index (χ2v) is 12.7. The molecular formula is C29H39F2N7O. The fraction of sp³-hybridized carbons (Fsp3) is 0.724. The number of alkyl halides is 2. The van der Waals surface area contributed by atoms with E-state index in [9.17, 15) is 8.78 Å². The Balaban J connectivity index is 1.07. The highest BCUT2D eigenvalue weighted by Gasteiger charge is 2.56. The van der Waals surface area contributed by atoms with Crippen molar-refractivity contribution >= 4 is 11.5 Å². The topological polar surface area (TPSA) is 61.7 Å². The van der Waals surface area contributed by atoms with Gasteiger partial charge in [-0.2, -0.15) is 5.10 Å². The number of hydrogen-bond donors (Lipinski definition) is 1. The molecular weight excluding hydrogens is 500 g/mol. The molecule has 2 spiro atoms. The number of aryl methyl sites for hydroxylation is 1. The highest BCUT2D eigenvalue weighted by atomic mass is 19.3. The predicted molar refractivity (Wildman–Crippen MR) is 145 cm³/mol. The minimum Gasteiger partial charge on any atom is -0.366 e. The van der Waals surface area contributed by atoms with Gasteiger partial charge in [0, 0.05) is 75.2 Å². The van der Waals surface area contributed by atoms with Crippen LogP contribution in [0.5, 0.6) is 0 Å². The number of nitrogens with one attached hydrogen (secondary N) is 1. The Kier molecular flexibility index (Phi) is 5.56. The summed E-state index contributed by atoms with van der Waals surface area (Å²) in [4.78, 5) is 11.9. The third-order valence-electron chi connectivity index (χ3n) is 10.6. The van der Waals surface area contributed by atoms with Crippen molar-refractivity contribution in [2.24, 2.45) is 0 Å². The molecule has 10 heteroatoms. The maximum atomic E-state index is 14.4. The van der Waals surface area contributed by atoms with Crippen LogP contribution in [0.25, 0.3) is 0 Å². The lowest BCUT2D eigenvalue weighted by Gasteiger charge is -2.54. The van der Waals surface area contributed by atoms with Crippen LogP contribution in [0, 0.1) is 6.92 Å². The lowest BCUT2D eigenvalue weighted by Crippen LogP contribution is -2.69. The molecule has 1 N–H and O–H groups in total. The van der Waals surface area contributed by atoms with E-state index in [4.69, 9.17) is 9.84 Å². The molecule has 4 fully saturated rings. The summed E-state index contributed by atoms with van der Waals surface area (Å²) in [7, 11) is 0. The molecule has 2 aromatic rings. The second kappa shape index (κ2) is 8.85. The molecule has 8 rings (SSSR count). The molecule has 7 heterocycles. The van der Waals surface area contributed by atoms with Gasteiger partial charge in [0.05, 0.1) is 24.0 Å². The maximum absolute atomic E-state index is 14.4. The van der Waals surface area contributed by atoms with Gasteiger partial charge in [0.1, 0.15) is 17.1 Å². The zero-order valence-electron chi connectivity index (χ0n) is 22.8. The summed E-state index contributed by atoms with van der Waals surface area (Å²) in [5.41, 5.74) is 3.91. The van der Waals surface area contributed by atoms with E-state index in [-0.39, 0.29) is 16.8 Å². The number of piperidine rings is 1. The van der Waals surface area contributed by atoms with Gasteiger partial charge in [-0.3, -0.25) is 9.58 Å². The third-order valence-corrected chi connectivity index (χ3v) is 10.6. The van der Waals surface area contributed by atoms with Crippen molar-refractivity contribution in [3.05, 3.63) is 34.8 Å². The number of halogens is 2. The van der Waals surface area contributed by atoms with Gasteiger partial charge in [0.25, 0.3) is 6.43 Å². The monoisotopic (exact) mass is 539 g/mol. The first-order chi connectivity index (χ1) is 19.0. The number of nitrogens with zero attached hydrogens (tertiary/aromatic N) is 6. The Morgan fingerprint density at radius 1 is 1.08 bits per heavy atom. The van der Waals surface area contributed by atoms with Crippen molar-refractivity contribution in [1.82, 2.24) is 25.0 Å². The van der Waals surface area contributed by atoms with Crippen molar-refractivity contribution in [3.63, 3.8) is 0 Å². The summed E-state index contributed by atoms with van der Waals surface area (Å²) in [5.74, 6) is 0.699. The average Bonchev–Trinajstić information content (AvgIpc) is 3.63. The second-order valence-electron chi connectivity index (χ2n) is 12.7. The summed E-state index contributed by atoms with van der Waals surface area (Å²) in [6, 6.07) is 3.05. The smallest absolute Gasteiger partial charge is 0.280 e. The number of anilines is 2. The standard InChI is InChI=1S/C29H39F2N7O/c1-19-16-33-38-26(19)29(39-18-28(38)5-6-28)7-11-36(12-8-29)24-15-22-20(25(34-24)27(30)31)3-2-4-21-23(17-37(21)22)35-13-9-32-10-14-35/h15-16,21,23,27,32H,2-14,17-18H2,1H3/t21-,23+/m0/s1. The highest BCUT2D eigenvalue weighted by Crippen LogP contribution is 2.53. The molecule has 0 bridgehead atoms. The van der Waals surface area contributed by atoms with E-state index >= 15 is 0 Å². The zero-order valence-corrected chi connectivity index (χ0v) is 22.8. The largest absolute Gasteiger partial charge is 0.366 e. The Hall–Kier alpha value is -2.30.